The average molecular weight is 829 g/mol. The minimum Gasteiger partial charge on any atom is -0.465 e. The van der Waals surface area contributed by atoms with Gasteiger partial charge < -0.3 is 19.4 Å². The fraction of sp³-hybridized carbons (Fsp3) is 0.444. The van der Waals surface area contributed by atoms with Gasteiger partial charge >= 0.3 is 0 Å². The number of piperidine rings is 3. The van der Waals surface area contributed by atoms with Crippen LogP contribution >= 0.6 is 0 Å². The lowest BCUT2D eigenvalue weighted by Crippen LogP contribution is -2.50. The molecule has 5 aromatic rings. The molecule has 4 fully saturated rings. The van der Waals surface area contributed by atoms with E-state index < -0.39 is 35.0 Å². The number of aliphatic imine (C=N–C) groups is 1. The standard InChI is InChI=1S/C45H46F2N10O4/c1-45(2)34-21-37-28(18-38(34)50-43(61-45)39-5-3-31-17-26(22-48)23-49-57(31)39)25-56(52-37)30-10-13-53(14-11-30)29-8-15-54(16-9-29)44(60)27-7-12-55(24-27)32-19-35(46)41(36(47)20-32)33-4-6-40(58)51-42(33)59/h3,5,17-21,23,25,27,29-30,33H,4,6-16,24H2,1-2H3,(H,51,58,59)/t27-,33-/m1/s1. The summed E-state index contributed by atoms with van der Waals surface area (Å²) in [5.74, 6) is -3.50. The largest absolute Gasteiger partial charge is 0.465 e. The lowest BCUT2D eigenvalue weighted by molar-refractivity contribution is -0.137. The van der Waals surface area contributed by atoms with Gasteiger partial charge in [-0.2, -0.15) is 15.5 Å². The SMILES string of the molecule is CC1(C)OC(c2ccc3cc(C#N)cnn23)=Nc2cc3cn(C4CCN(C5CCN(C(=O)[C@@H]6CCN(c7cc(F)c([C@H]8CCC(=O)NC8=O)c(F)c7)C6)CC5)CC4)nc3cc21. The van der Waals surface area contributed by atoms with E-state index >= 15 is 8.78 Å². The lowest BCUT2D eigenvalue weighted by atomic mass is 9.89. The van der Waals surface area contributed by atoms with E-state index in [-0.39, 0.29) is 36.3 Å². The quantitative estimate of drug-likeness (QED) is 0.208. The third kappa shape index (κ3) is 7.08. The molecule has 4 saturated heterocycles. The van der Waals surface area contributed by atoms with Crippen LogP contribution in [0.2, 0.25) is 0 Å². The third-order valence-electron chi connectivity index (χ3n) is 13.4. The molecule has 61 heavy (non-hydrogen) atoms. The Bertz CT molecular complexity index is 2660. The number of hydrogen-bond acceptors (Lipinski definition) is 10. The van der Waals surface area contributed by atoms with Crippen molar-refractivity contribution in [3.8, 4) is 6.07 Å². The number of carbonyl (C=O) groups excluding carboxylic acids is 3. The van der Waals surface area contributed by atoms with Crippen molar-refractivity contribution in [1.82, 2.24) is 34.5 Å². The van der Waals surface area contributed by atoms with E-state index in [1.54, 1.807) is 10.6 Å². The fourth-order valence-electron chi connectivity index (χ4n) is 10.1. The summed E-state index contributed by atoms with van der Waals surface area (Å²) < 4.78 is 40.8. The second kappa shape index (κ2) is 15.1. The van der Waals surface area contributed by atoms with E-state index in [9.17, 15) is 19.6 Å². The minimum atomic E-state index is -1.05. The van der Waals surface area contributed by atoms with E-state index in [0.29, 0.717) is 61.5 Å². The van der Waals surface area contributed by atoms with Gasteiger partial charge in [0, 0.05) is 80.1 Å². The Kier molecular flexibility index (Phi) is 9.61. The summed E-state index contributed by atoms with van der Waals surface area (Å²) in [5, 5.41) is 22.0. The summed E-state index contributed by atoms with van der Waals surface area (Å²) in [5.41, 5.74) is 4.05. The van der Waals surface area contributed by atoms with Crippen molar-refractivity contribution in [2.75, 3.05) is 44.2 Å². The third-order valence-corrected chi connectivity index (χ3v) is 13.4. The molecule has 5 aliphatic heterocycles. The maximum atomic E-state index is 15.3. The number of nitrogens with zero attached hydrogens (tertiary/aromatic N) is 9. The Morgan fingerprint density at radius 2 is 1.69 bits per heavy atom. The first-order chi connectivity index (χ1) is 29.4. The molecule has 2 atom stereocenters. The number of ether oxygens (including phenoxy) is 1. The number of nitriles is 1. The van der Waals surface area contributed by atoms with Crippen LogP contribution in [0.3, 0.4) is 0 Å². The number of anilines is 1. The summed E-state index contributed by atoms with van der Waals surface area (Å²) in [7, 11) is 0. The van der Waals surface area contributed by atoms with E-state index in [0.717, 1.165) is 66.4 Å². The fourth-order valence-corrected chi connectivity index (χ4v) is 10.1. The summed E-state index contributed by atoms with van der Waals surface area (Å²) in [6.07, 6.45) is 8.10. The summed E-state index contributed by atoms with van der Waals surface area (Å²) >= 11 is 0. The van der Waals surface area contributed by atoms with Crippen LogP contribution < -0.4 is 10.2 Å². The van der Waals surface area contributed by atoms with Crippen molar-refractivity contribution in [2.45, 2.75) is 82.4 Å². The van der Waals surface area contributed by atoms with Gasteiger partial charge in [-0.1, -0.05) is 0 Å². The Balaban J connectivity index is 0.740. The van der Waals surface area contributed by atoms with Gasteiger partial charge in [-0.05, 0) is 94.8 Å². The summed E-state index contributed by atoms with van der Waals surface area (Å²) in [6, 6.07) is 15.1. The number of halogens is 2. The topological polar surface area (TPSA) is 153 Å². The van der Waals surface area contributed by atoms with Crippen LogP contribution in [0.4, 0.5) is 20.2 Å². The maximum absolute atomic E-state index is 15.3. The zero-order chi connectivity index (χ0) is 42.2. The summed E-state index contributed by atoms with van der Waals surface area (Å²) in [6.45, 7) is 8.21. The molecule has 14 nitrogen and oxygen atoms in total. The molecule has 2 aromatic carbocycles. The first kappa shape index (κ1) is 39.0. The first-order valence-corrected chi connectivity index (χ1v) is 21.2. The zero-order valence-corrected chi connectivity index (χ0v) is 34.1. The van der Waals surface area contributed by atoms with Crippen LogP contribution in [-0.2, 0) is 24.7 Å². The Hall–Kier alpha value is -6.21. The van der Waals surface area contributed by atoms with Crippen LogP contribution in [0.25, 0.3) is 16.4 Å². The van der Waals surface area contributed by atoms with E-state index in [1.807, 2.05) is 35.8 Å². The molecule has 0 bridgehead atoms. The van der Waals surface area contributed by atoms with Crippen LogP contribution in [0.15, 0.2) is 59.9 Å². The Morgan fingerprint density at radius 1 is 0.934 bits per heavy atom. The normalized spacial score (nSPS) is 22.6. The minimum absolute atomic E-state index is 0.0321. The predicted octanol–water partition coefficient (Wildman–Crippen LogP) is 5.85. The van der Waals surface area contributed by atoms with E-state index in [2.05, 4.69) is 44.4 Å². The van der Waals surface area contributed by atoms with Crippen LogP contribution in [0.5, 0.6) is 0 Å². The highest BCUT2D eigenvalue weighted by atomic mass is 19.1. The summed E-state index contributed by atoms with van der Waals surface area (Å²) in [4.78, 5) is 48.8. The van der Waals surface area contributed by atoms with Gasteiger partial charge in [0.2, 0.25) is 23.6 Å². The molecule has 0 radical (unpaired) electrons. The highest BCUT2D eigenvalue weighted by molar-refractivity contribution is 6.01. The van der Waals surface area contributed by atoms with Gasteiger partial charge in [0.15, 0.2) is 0 Å². The monoisotopic (exact) mass is 828 g/mol. The number of imide groups is 1. The molecule has 1 N–H and O–H groups in total. The van der Waals surface area contributed by atoms with Crippen LogP contribution in [0, 0.1) is 28.9 Å². The zero-order valence-electron chi connectivity index (χ0n) is 34.1. The van der Waals surface area contributed by atoms with Crippen molar-refractivity contribution in [3.63, 3.8) is 0 Å². The molecule has 0 spiro atoms. The number of fused-ring (bicyclic) bond motifs is 3. The number of carbonyl (C=O) groups is 3. The molecule has 3 amide bonds. The van der Waals surface area contributed by atoms with Crippen molar-refractivity contribution >= 4 is 51.4 Å². The van der Waals surface area contributed by atoms with Crippen molar-refractivity contribution in [1.29, 1.82) is 5.26 Å². The van der Waals surface area contributed by atoms with Crippen molar-refractivity contribution in [2.24, 2.45) is 10.9 Å². The van der Waals surface area contributed by atoms with Gasteiger partial charge in [-0.3, -0.25) is 24.4 Å². The molecule has 3 aromatic heterocycles. The number of rotatable bonds is 6. The van der Waals surface area contributed by atoms with Gasteiger partial charge in [-0.25, -0.2) is 18.3 Å². The van der Waals surface area contributed by atoms with E-state index in [4.69, 9.17) is 14.8 Å². The number of benzene rings is 2. The Labute approximate surface area is 350 Å². The molecule has 16 heteroatoms. The number of likely N-dealkylation sites (tertiary alicyclic amines) is 2. The number of amides is 3. The second-order valence-corrected chi connectivity index (χ2v) is 17.6. The van der Waals surface area contributed by atoms with E-state index in [1.165, 1.54) is 18.3 Å². The number of aromatic nitrogens is 4. The highest BCUT2D eigenvalue weighted by Gasteiger charge is 2.38. The van der Waals surface area contributed by atoms with Crippen molar-refractivity contribution < 1.29 is 27.9 Å². The molecule has 0 saturated carbocycles. The number of hydrogen-bond donors (Lipinski definition) is 1. The predicted molar refractivity (Wildman–Crippen MR) is 221 cm³/mol. The average Bonchev–Trinajstić information content (AvgIpc) is 4.02. The Morgan fingerprint density at radius 3 is 2.43 bits per heavy atom. The van der Waals surface area contributed by atoms with Gasteiger partial charge in [0.05, 0.1) is 46.4 Å². The van der Waals surface area contributed by atoms with Gasteiger partial charge in [-0.15, -0.1) is 0 Å². The molecule has 0 aliphatic carbocycles. The van der Waals surface area contributed by atoms with Crippen LogP contribution in [0.1, 0.15) is 93.1 Å². The first-order valence-electron chi connectivity index (χ1n) is 21.2. The smallest absolute Gasteiger partial charge is 0.241 e. The van der Waals surface area contributed by atoms with Crippen LogP contribution in [-0.4, -0.2) is 98.1 Å². The van der Waals surface area contributed by atoms with Crippen molar-refractivity contribution in [3.05, 3.63) is 88.9 Å². The molecular formula is C45H46F2N10O4. The molecule has 8 heterocycles. The molecule has 10 rings (SSSR count). The lowest BCUT2D eigenvalue weighted by Gasteiger charge is -2.42. The maximum Gasteiger partial charge on any atom is 0.241 e. The highest BCUT2D eigenvalue weighted by Crippen LogP contribution is 2.41. The number of nitrogens with one attached hydrogen (secondary N) is 1. The van der Waals surface area contributed by atoms with Gasteiger partial charge in [0.25, 0.3) is 0 Å². The molecule has 5 aliphatic rings. The molecular weight excluding hydrogens is 783 g/mol. The molecule has 0 unspecified atom stereocenters. The van der Waals surface area contributed by atoms with Gasteiger partial charge in [0.1, 0.15) is 29.0 Å². The molecule has 314 valence electrons. The second-order valence-electron chi connectivity index (χ2n) is 17.6.